The molecular formula is C18H22O5. The van der Waals surface area contributed by atoms with Gasteiger partial charge in [-0.1, -0.05) is 20.4 Å². The first-order valence-electron chi connectivity index (χ1n) is 7.60. The van der Waals surface area contributed by atoms with Crippen molar-refractivity contribution in [1.29, 1.82) is 0 Å². The quantitative estimate of drug-likeness (QED) is 0.510. The van der Waals surface area contributed by atoms with Crippen LogP contribution in [0.25, 0.3) is 0 Å². The summed E-state index contributed by atoms with van der Waals surface area (Å²) in [7, 11) is 0. The lowest BCUT2D eigenvalue weighted by Gasteiger charge is -2.20. The van der Waals surface area contributed by atoms with Gasteiger partial charge in [0, 0.05) is 18.1 Å². The summed E-state index contributed by atoms with van der Waals surface area (Å²) in [5.74, 6) is -0.157. The number of hydrogen-bond donors (Lipinski definition) is 1. The Morgan fingerprint density at radius 2 is 2.00 bits per heavy atom. The molecule has 1 aromatic carbocycles. The van der Waals surface area contributed by atoms with E-state index < -0.39 is 12.2 Å². The van der Waals surface area contributed by atoms with Crippen molar-refractivity contribution in [2.24, 2.45) is 5.92 Å². The lowest BCUT2D eigenvalue weighted by atomic mass is 9.98. The molecule has 0 radical (unpaired) electrons. The summed E-state index contributed by atoms with van der Waals surface area (Å²) in [6.07, 6.45) is -0.887. The highest BCUT2D eigenvalue weighted by Crippen LogP contribution is 2.44. The van der Waals surface area contributed by atoms with Gasteiger partial charge in [-0.3, -0.25) is 9.59 Å². The number of ketones is 1. The van der Waals surface area contributed by atoms with Gasteiger partial charge in [-0.15, -0.1) is 0 Å². The minimum Gasteiger partial charge on any atom is -0.507 e. The van der Waals surface area contributed by atoms with E-state index in [0.717, 1.165) is 0 Å². The van der Waals surface area contributed by atoms with Gasteiger partial charge in [0.15, 0.2) is 18.0 Å². The molecule has 1 heterocycles. The standard InChI is InChI=1S/C18H22O5/c1-9(2)6-16(21)23-18-13-7-12(11(5)19)14(20)8-15(13)22-17(18)10(3)4/h7-9,17-18,20H,3,6H2,1-2,4-5H3. The van der Waals surface area contributed by atoms with E-state index in [-0.39, 0.29) is 29.0 Å². The Hall–Kier alpha value is -2.30. The number of esters is 1. The highest BCUT2D eigenvalue weighted by Gasteiger charge is 2.39. The maximum atomic E-state index is 12.0. The van der Waals surface area contributed by atoms with Crippen molar-refractivity contribution in [2.45, 2.75) is 46.3 Å². The maximum Gasteiger partial charge on any atom is 0.306 e. The van der Waals surface area contributed by atoms with E-state index in [0.29, 0.717) is 23.3 Å². The zero-order chi connectivity index (χ0) is 17.3. The van der Waals surface area contributed by atoms with Crippen LogP contribution in [0.15, 0.2) is 24.3 Å². The van der Waals surface area contributed by atoms with Gasteiger partial charge in [0.2, 0.25) is 0 Å². The lowest BCUT2D eigenvalue weighted by molar-refractivity contribution is -0.152. The second-order valence-electron chi connectivity index (χ2n) is 6.36. The zero-order valence-electron chi connectivity index (χ0n) is 13.9. The molecule has 0 aromatic heterocycles. The van der Waals surface area contributed by atoms with E-state index in [2.05, 4.69) is 6.58 Å². The third-order valence-corrected chi connectivity index (χ3v) is 3.66. The number of hydrogen-bond acceptors (Lipinski definition) is 5. The van der Waals surface area contributed by atoms with E-state index in [4.69, 9.17) is 9.47 Å². The van der Waals surface area contributed by atoms with Crippen LogP contribution >= 0.6 is 0 Å². The molecule has 0 fully saturated rings. The molecule has 124 valence electrons. The van der Waals surface area contributed by atoms with Crippen molar-refractivity contribution in [2.75, 3.05) is 0 Å². The number of Topliss-reactive ketones (excluding diaryl/α,β-unsaturated/α-hetero) is 1. The molecule has 5 nitrogen and oxygen atoms in total. The normalized spacial score (nSPS) is 19.2. The Kier molecular flexibility index (Phi) is 4.78. The van der Waals surface area contributed by atoms with Crippen LogP contribution in [0.2, 0.25) is 0 Å². The summed E-state index contributed by atoms with van der Waals surface area (Å²) < 4.78 is 11.3. The Labute approximate surface area is 135 Å². The molecule has 1 aromatic rings. The van der Waals surface area contributed by atoms with Gasteiger partial charge >= 0.3 is 5.97 Å². The first-order valence-corrected chi connectivity index (χ1v) is 7.60. The van der Waals surface area contributed by atoms with E-state index in [1.165, 1.54) is 19.1 Å². The third-order valence-electron chi connectivity index (χ3n) is 3.66. The Morgan fingerprint density at radius 1 is 1.35 bits per heavy atom. The van der Waals surface area contributed by atoms with Crippen LogP contribution in [0.5, 0.6) is 11.5 Å². The Morgan fingerprint density at radius 3 is 2.52 bits per heavy atom. The molecule has 1 aliphatic rings. The predicted molar refractivity (Wildman–Crippen MR) is 85.6 cm³/mol. The van der Waals surface area contributed by atoms with Crippen LogP contribution < -0.4 is 4.74 Å². The predicted octanol–water partition coefficient (Wildman–Crippen LogP) is 3.56. The molecule has 0 aliphatic carbocycles. The largest absolute Gasteiger partial charge is 0.507 e. The molecule has 1 aliphatic heterocycles. The molecule has 0 spiro atoms. The van der Waals surface area contributed by atoms with Gasteiger partial charge < -0.3 is 14.6 Å². The first-order chi connectivity index (χ1) is 10.7. The number of phenols is 1. The first kappa shape index (κ1) is 17.1. The lowest BCUT2D eigenvalue weighted by Crippen LogP contribution is -2.24. The third kappa shape index (κ3) is 3.55. The minimum absolute atomic E-state index is 0.147. The summed E-state index contributed by atoms with van der Waals surface area (Å²) in [5, 5.41) is 9.93. The average Bonchev–Trinajstić information content (AvgIpc) is 2.74. The van der Waals surface area contributed by atoms with Crippen LogP contribution in [0, 0.1) is 5.92 Å². The zero-order valence-corrected chi connectivity index (χ0v) is 13.9. The van der Waals surface area contributed by atoms with Crippen LogP contribution in [-0.2, 0) is 9.53 Å². The molecule has 5 heteroatoms. The molecule has 0 amide bonds. The number of aromatic hydroxyl groups is 1. The van der Waals surface area contributed by atoms with Crippen LogP contribution in [0.4, 0.5) is 0 Å². The van der Waals surface area contributed by atoms with Gasteiger partial charge in [0.25, 0.3) is 0 Å². The molecule has 23 heavy (non-hydrogen) atoms. The highest BCUT2D eigenvalue weighted by molar-refractivity contribution is 5.97. The van der Waals surface area contributed by atoms with Crippen molar-refractivity contribution in [3.05, 3.63) is 35.4 Å². The SMILES string of the molecule is C=C(C)C1Oc2cc(O)c(C(C)=O)cc2C1OC(=O)CC(C)C. The summed E-state index contributed by atoms with van der Waals surface area (Å²) in [5.41, 5.74) is 1.46. The van der Waals surface area contributed by atoms with Crippen molar-refractivity contribution in [1.82, 2.24) is 0 Å². The van der Waals surface area contributed by atoms with Crippen molar-refractivity contribution < 1.29 is 24.2 Å². The summed E-state index contributed by atoms with van der Waals surface area (Å²) in [6.45, 7) is 10.9. The summed E-state index contributed by atoms with van der Waals surface area (Å²) >= 11 is 0. The number of carbonyl (C=O) groups excluding carboxylic acids is 2. The molecule has 2 atom stereocenters. The van der Waals surface area contributed by atoms with E-state index in [1.807, 2.05) is 13.8 Å². The second kappa shape index (κ2) is 6.44. The van der Waals surface area contributed by atoms with Crippen LogP contribution in [0.1, 0.15) is 56.1 Å². The number of benzene rings is 1. The van der Waals surface area contributed by atoms with E-state index >= 15 is 0 Å². The van der Waals surface area contributed by atoms with Gasteiger partial charge in [-0.05, 0) is 31.4 Å². The fourth-order valence-corrected chi connectivity index (χ4v) is 2.56. The molecule has 0 saturated heterocycles. The van der Waals surface area contributed by atoms with Crippen LogP contribution in [-0.4, -0.2) is 23.0 Å². The second-order valence-corrected chi connectivity index (χ2v) is 6.36. The smallest absolute Gasteiger partial charge is 0.306 e. The topological polar surface area (TPSA) is 72.8 Å². The summed E-state index contributed by atoms with van der Waals surface area (Å²) in [6, 6.07) is 2.92. The summed E-state index contributed by atoms with van der Waals surface area (Å²) in [4.78, 5) is 23.7. The van der Waals surface area contributed by atoms with Gasteiger partial charge in [0.1, 0.15) is 11.5 Å². The Balaban J connectivity index is 2.39. The number of phenolic OH excluding ortho intramolecular Hbond substituents is 1. The van der Waals surface area contributed by atoms with Crippen molar-refractivity contribution >= 4 is 11.8 Å². The molecule has 1 N–H and O–H groups in total. The van der Waals surface area contributed by atoms with Gasteiger partial charge in [-0.2, -0.15) is 0 Å². The molecule has 0 saturated carbocycles. The highest BCUT2D eigenvalue weighted by atomic mass is 16.6. The van der Waals surface area contributed by atoms with E-state index in [1.54, 1.807) is 6.92 Å². The van der Waals surface area contributed by atoms with E-state index in [9.17, 15) is 14.7 Å². The minimum atomic E-state index is -0.660. The van der Waals surface area contributed by atoms with Crippen molar-refractivity contribution in [3.63, 3.8) is 0 Å². The fraction of sp³-hybridized carbons (Fsp3) is 0.444. The molecule has 2 unspecified atom stereocenters. The molecule has 0 bridgehead atoms. The van der Waals surface area contributed by atoms with Crippen molar-refractivity contribution in [3.8, 4) is 11.5 Å². The maximum absolute atomic E-state index is 12.0. The number of ether oxygens (including phenoxy) is 2. The molecular weight excluding hydrogens is 296 g/mol. The average molecular weight is 318 g/mol. The van der Waals surface area contributed by atoms with Gasteiger partial charge in [-0.25, -0.2) is 0 Å². The van der Waals surface area contributed by atoms with Gasteiger partial charge in [0.05, 0.1) is 5.56 Å². The molecule has 2 rings (SSSR count). The fourth-order valence-electron chi connectivity index (χ4n) is 2.56. The number of fused-ring (bicyclic) bond motifs is 1. The number of rotatable bonds is 5. The number of carbonyl (C=O) groups is 2. The monoisotopic (exact) mass is 318 g/mol. The Bertz CT molecular complexity index is 660. The van der Waals surface area contributed by atoms with Crippen LogP contribution in [0.3, 0.4) is 0 Å².